The number of nitrogens with zero attached hydrogens (tertiary/aromatic N) is 4. The van der Waals surface area contributed by atoms with Crippen LogP contribution in [0.1, 0.15) is 30.6 Å². The maximum atomic E-state index is 15.9. The number of carbonyl (C=O) groups is 1. The van der Waals surface area contributed by atoms with Crippen LogP contribution in [0.25, 0.3) is 16.6 Å². The van der Waals surface area contributed by atoms with Crippen LogP contribution in [-0.2, 0) is 4.74 Å². The van der Waals surface area contributed by atoms with Crippen LogP contribution in [0.5, 0.6) is 11.5 Å². The van der Waals surface area contributed by atoms with Gasteiger partial charge in [0.2, 0.25) is 5.43 Å². The first kappa shape index (κ1) is 28.0. The van der Waals surface area contributed by atoms with Crippen LogP contribution in [0, 0.1) is 5.82 Å². The minimum atomic E-state index is -0.547. The van der Waals surface area contributed by atoms with Gasteiger partial charge >= 0.3 is 0 Å². The second-order valence-electron chi connectivity index (χ2n) is 11.1. The van der Waals surface area contributed by atoms with Crippen LogP contribution in [0.3, 0.4) is 0 Å². The van der Waals surface area contributed by atoms with Crippen molar-refractivity contribution in [2.75, 3.05) is 70.5 Å². The first-order chi connectivity index (χ1) is 19.8. The molecule has 0 bridgehead atoms. The van der Waals surface area contributed by atoms with Crippen LogP contribution in [0.4, 0.5) is 10.1 Å². The largest absolute Gasteiger partial charge is 0.451 e. The maximum absolute atomic E-state index is 15.9. The van der Waals surface area contributed by atoms with Crippen LogP contribution < -0.4 is 20.4 Å². The molecule has 3 aromatic rings. The van der Waals surface area contributed by atoms with Gasteiger partial charge in [0.25, 0.3) is 5.91 Å². The number of amides is 1. The molecule has 3 aliphatic rings. The van der Waals surface area contributed by atoms with Crippen LogP contribution in [-0.4, -0.2) is 91.9 Å². The van der Waals surface area contributed by atoms with Crippen molar-refractivity contribution in [1.82, 2.24) is 19.7 Å². The monoisotopic (exact) mass is 583 g/mol. The molecule has 41 heavy (non-hydrogen) atoms. The van der Waals surface area contributed by atoms with E-state index >= 15 is 4.39 Å². The van der Waals surface area contributed by atoms with E-state index in [-0.39, 0.29) is 16.7 Å². The molecule has 0 unspecified atom stereocenters. The zero-order valence-electron chi connectivity index (χ0n) is 23.4. The van der Waals surface area contributed by atoms with Crippen molar-refractivity contribution in [3.05, 3.63) is 57.1 Å². The summed E-state index contributed by atoms with van der Waals surface area (Å²) in [7, 11) is 0. The number of rotatable bonds is 7. The first-order valence-corrected chi connectivity index (χ1v) is 14.7. The van der Waals surface area contributed by atoms with Gasteiger partial charge in [-0.25, -0.2) is 4.39 Å². The quantitative estimate of drug-likeness (QED) is 0.331. The molecular weight excluding hydrogens is 549 g/mol. The molecule has 0 atom stereocenters. The zero-order chi connectivity index (χ0) is 28.7. The van der Waals surface area contributed by atoms with Crippen molar-refractivity contribution in [2.24, 2.45) is 0 Å². The summed E-state index contributed by atoms with van der Waals surface area (Å²) in [5.74, 6) is -0.290. The lowest BCUT2D eigenvalue weighted by molar-refractivity contribution is 0.0374. The molecule has 1 N–H and O–H groups in total. The molecule has 0 radical (unpaired) electrons. The Labute approximate surface area is 243 Å². The van der Waals surface area contributed by atoms with E-state index in [0.29, 0.717) is 66.6 Å². The average molecular weight is 584 g/mol. The third-order valence-corrected chi connectivity index (χ3v) is 8.44. The molecule has 3 aliphatic heterocycles. The third-order valence-electron chi connectivity index (χ3n) is 8.21. The van der Waals surface area contributed by atoms with E-state index in [2.05, 4.69) is 29.0 Å². The van der Waals surface area contributed by atoms with Crippen molar-refractivity contribution in [2.45, 2.75) is 26.3 Å². The Hall–Kier alpha value is -3.18. The molecule has 0 spiro atoms. The number of ether oxygens (including phenoxy) is 2. The molecule has 2 fully saturated rings. The van der Waals surface area contributed by atoms with Gasteiger partial charge in [0.15, 0.2) is 17.3 Å². The second-order valence-corrected chi connectivity index (χ2v) is 11.5. The maximum Gasteiger partial charge on any atom is 0.256 e. The zero-order valence-corrected chi connectivity index (χ0v) is 24.2. The fourth-order valence-corrected chi connectivity index (χ4v) is 6.09. The van der Waals surface area contributed by atoms with Gasteiger partial charge in [-0.1, -0.05) is 11.6 Å². The molecule has 11 heteroatoms. The summed E-state index contributed by atoms with van der Waals surface area (Å²) in [5.41, 5.74) is 0.748. The average Bonchev–Trinajstić information content (AvgIpc) is 2.97. The predicted molar refractivity (Wildman–Crippen MR) is 158 cm³/mol. The lowest BCUT2D eigenvalue weighted by atomic mass is 10.0. The Morgan fingerprint density at radius 3 is 2.59 bits per heavy atom. The number of nitrogens with one attached hydrogen (secondary N) is 1. The number of benzene rings is 2. The van der Waals surface area contributed by atoms with Gasteiger partial charge < -0.3 is 24.3 Å². The highest BCUT2D eigenvalue weighted by atomic mass is 35.5. The topological polar surface area (TPSA) is 79.3 Å². The van der Waals surface area contributed by atoms with Crippen molar-refractivity contribution in [3.63, 3.8) is 0 Å². The number of hydrogen-bond donors (Lipinski definition) is 1. The van der Waals surface area contributed by atoms with E-state index < -0.39 is 17.2 Å². The Morgan fingerprint density at radius 1 is 1.10 bits per heavy atom. The van der Waals surface area contributed by atoms with Crippen LogP contribution >= 0.6 is 11.6 Å². The number of halogens is 2. The summed E-state index contributed by atoms with van der Waals surface area (Å²) in [6.07, 6.45) is 2.27. The van der Waals surface area contributed by atoms with E-state index in [1.54, 1.807) is 22.8 Å². The second kappa shape index (κ2) is 11.6. The highest BCUT2D eigenvalue weighted by Crippen LogP contribution is 2.47. The molecule has 0 aliphatic carbocycles. The summed E-state index contributed by atoms with van der Waals surface area (Å²) in [6.45, 7) is 11.6. The molecule has 2 aromatic carbocycles. The number of fused-ring (bicyclic) bond motifs is 2. The summed E-state index contributed by atoms with van der Waals surface area (Å²) in [4.78, 5) is 33.6. The van der Waals surface area contributed by atoms with Crippen molar-refractivity contribution >= 4 is 34.1 Å². The SMILES string of the molecule is CC(C)N1CCN(c2c(F)cc3c(=O)c(C(=O)NCCCN4CCOCC4)cn4c3c2Oc2ccc(Cl)cc2-4)CC1. The smallest absolute Gasteiger partial charge is 0.256 e. The third kappa shape index (κ3) is 5.41. The number of piperazine rings is 1. The van der Waals surface area contributed by atoms with Crippen molar-refractivity contribution in [1.29, 1.82) is 0 Å². The molecular formula is C30H35ClFN5O4. The number of pyridine rings is 1. The molecule has 1 amide bonds. The van der Waals surface area contributed by atoms with Crippen molar-refractivity contribution < 1.29 is 18.7 Å². The number of carbonyl (C=O) groups excluding carboxylic acids is 1. The van der Waals surface area contributed by atoms with Gasteiger partial charge in [0, 0.05) is 63.1 Å². The Balaban J connectivity index is 1.36. The normalized spacial score (nSPS) is 17.5. The summed E-state index contributed by atoms with van der Waals surface area (Å²) >= 11 is 6.34. The van der Waals surface area contributed by atoms with Crippen LogP contribution in [0.15, 0.2) is 35.3 Å². The molecule has 6 rings (SSSR count). The molecule has 0 saturated carbocycles. The van der Waals surface area contributed by atoms with E-state index in [4.69, 9.17) is 21.1 Å². The van der Waals surface area contributed by atoms with E-state index in [1.807, 2.05) is 4.90 Å². The highest BCUT2D eigenvalue weighted by Gasteiger charge is 2.32. The fraction of sp³-hybridized carbons (Fsp3) is 0.467. The molecule has 4 heterocycles. The molecule has 9 nitrogen and oxygen atoms in total. The molecule has 2 saturated heterocycles. The van der Waals surface area contributed by atoms with E-state index in [0.717, 1.165) is 39.1 Å². The Bertz CT molecular complexity index is 1530. The standard InChI is InChI=1S/C30H35ClFN5O4/c1-19(2)35-8-10-36(11-9-35)27-23(32)17-21-26-29(27)41-25-5-4-20(31)16-24(25)37(26)18-22(28(21)38)30(39)33-6-3-7-34-12-14-40-15-13-34/h4-5,16-19H,3,6-15H2,1-2H3,(H,33,39). The van der Waals surface area contributed by atoms with Crippen LogP contribution in [0.2, 0.25) is 5.02 Å². The Morgan fingerprint density at radius 2 is 1.85 bits per heavy atom. The number of hydrogen-bond acceptors (Lipinski definition) is 7. The highest BCUT2D eigenvalue weighted by molar-refractivity contribution is 6.30. The number of aromatic nitrogens is 1. The van der Waals surface area contributed by atoms with Gasteiger partial charge in [0.05, 0.1) is 24.3 Å². The lowest BCUT2D eigenvalue weighted by Crippen LogP contribution is -2.49. The number of anilines is 1. The fourth-order valence-electron chi connectivity index (χ4n) is 5.92. The van der Waals surface area contributed by atoms with Gasteiger partial charge in [-0.2, -0.15) is 0 Å². The van der Waals surface area contributed by atoms with Crippen molar-refractivity contribution in [3.8, 4) is 17.2 Å². The first-order valence-electron chi connectivity index (χ1n) is 14.3. The minimum Gasteiger partial charge on any atom is -0.451 e. The van der Waals surface area contributed by atoms with Gasteiger partial charge in [-0.3, -0.25) is 19.4 Å². The van der Waals surface area contributed by atoms with Gasteiger partial charge in [-0.15, -0.1) is 0 Å². The van der Waals surface area contributed by atoms with Gasteiger partial charge in [-0.05, 0) is 51.1 Å². The van der Waals surface area contributed by atoms with Gasteiger partial charge in [0.1, 0.15) is 16.8 Å². The summed E-state index contributed by atoms with van der Waals surface area (Å²) in [6, 6.07) is 6.79. The number of morpholine rings is 1. The van der Waals surface area contributed by atoms with E-state index in [9.17, 15) is 9.59 Å². The van der Waals surface area contributed by atoms with E-state index in [1.165, 1.54) is 12.3 Å². The predicted octanol–water partition coefficient (Wildman–Crippen LogP) is 3.87. The lowest BCUT2D eigenvalue weighted by Gasteiger charge is -2.39. The summed E-state index contributed by atoms with van der Waals surface area (Å²) in [5, 5.41) is 3.45. The Kier molecular flexibility index (Phi) is 7.91. The molecule has 1 aromatic heterocycles. The summed E-state index contributed by atoms with van der Waals surface area (Å²) < 4.78 is 29.4. The molecule has 218 valence electrons. The minimum absolute atomic E-state index is 0.0552.